The van der Waals surface area contributed by atoms with Crippen molar-refractivity contribution < 1.29 is 4.21 Å². The van der Waals surface area contributed by atoms with Crippen molar-refractivity contribution in [1.82, 2.24) is 15.4 Å². The van der Waals surface area contributed by atoms with E-state index in [0.717, 1.165) is 29.2 Å². The first-order chi connectivity index (χ1) is 13.5. The van der Waals surface area contributed by atoms with Crippen LogP contribution in [0.5, 0.6) is 0 Å². The Kier molecular flexibility index (Phi) is 6.84. The summed E-state index contributed by atoms with van der Waals surface area (Å²) in [6.45, 7) is 5.58. The molecule has 2 atom stereocenters. The second-order valence-electron chi connectivity index (χ2n) is 6.71. The van der Waals surface area contributed by atoms with Gasteiger partial charge in [0.1, 0.15) is 22.8 Å². The Hall–Kier alpha value is -2.64. The van der Waals surface area contributed by atoms with Crippen LogP contribution in [0.15, 0.2) is 70.3 Å². The molecule has 2 unspecified atom stereocenters. The van der Waals surface area contributed by atoms with Crippen molar-refractivity contribution in [2.75, 3.05) is 13.1 Å². The van der Waals surface area contributed by atoms with E-state index < -0.39 is 11.0 Å². The van der Waals surface area contributed by atoms with Gasteiger partial charge in [0.15, 0.2) is 5.96 Å². The van der Waals surface area contributed by atoms with Gasteiger partial charge in [-0.3, -0.25) is 0 Å². The molecule has 0 radical (unpaired) electrons. The Morgan fingerprint density at radius 3 is 2.68 bits per heavy atom. The van der Waals surface area contributed by atoms with Gasteiger partial charge in [0.2, 0.25) is 0 Å². The molecule has 3 rings (SSSR count). The van der Waals surface area contributed by atoms with E-state index in [1.54, 1.807) is 0 Å². The molecule has 1 aliphatic rings. The fraction of sp³-hybridized carbons (Fsp3) is 0.286. The van der Waals surface area contributed by atoms with Crippen molar-refractivity contribution in [1.29, 1.82) is 0 Å². The van der Waals surface area contributed by atoms with Crippen LogP contribution < -0.4 is 21.1 Å². The minimum absolute atomic E-state index is 0.104. The van der Waals surface area contributed by atoms with Gasteiger partial charge in [0.05, 0.1) is 4.90 Å². The number of nitrogens with two attached hydrogens (primary N) is 1. The number of guanidine groups is 1. The topological polar surface area (TPSA) is 91.5 Å². The van der Waals surface area contributed by atoms with Gasteiger partial charge in [-0.1, -0.05) is 36.4 Å². The molecule has 0 spiro atoms. The summed E-state index contributed by atoms with van der Waals surface area (Å²) in [7, 11) is -1.18. The summed E-state index contributed by atoms with van der Waals surface area (Å²) in [5.41, 5.74) is 9.61. The lowest BCUT2D eigenvalue weighted by molar-refractivity contribution is 0.651. The number of hydrogen-bond donors (Lipinski definition) is 4. The van der Waals surface area contributed by atoms with Crippen LogP contribution in [-0.2, 0) is 11.0 Å². The molecule has 28 heavy (non-hydrogen) atoms. The SMILES string of the molecule is Cc1cccc(C2C=C(NCCCNS(=O)c3ccccc3)NC(N)=N2)c1C. The van der Waals surface area contributed by atoms with Gasteiger partial charge in [-0.05, 0) is 55.2 Å². The minimum atomic E-state index is -1.18. The third-order valence-corrected chi connectivity index (χ3v) is 5.86. The van der Waals surface area contributed by atoms with E-state index in [1.165, 1.54) is 11.1 Å². The summed E-state index contributed by atoms with van der Waals surface area (Å²) in [5, 5.41) is 6.42. The number of nitrogens with one attached hydrogen (secondary N) is 3. The van der Waals surface area contributed by atoms with Crippen molar-refractivity contribution in [3.05, 3.63) is 77.1 Å². The van der Waals surface area contributed by atoms with Crippen LogP contribution in [0.2, 0.25) is 0 Å². The molecule has 0 saturated heterocycles. The Bertz CT molecular complexity index is 895. The number of aliphatic imine (C=N–C) groups is 1. The van der Waals surface area contributed by atoms with Crippen LogP contribution in [0.4, 0.5) is 0 Å². The van der Waals surface area contributed by atoms with Crippen molar-refractivity contribution in [3.63, 3.8) is 0 Å². The molecule has 1 heterocycles. The van der Waals surface area contributed by atoms with E-state index in [2.05, 4.69) is 46.3 Å². The Morgan fingerprint density at radius 2 is 1.89 bits per heavy atom. The summed E-state index contributed by atoms with van der Waals surface area (Å²) in [6, 6.07) is 15.5. The van der Waals surface area contributed by atoms with E-state index in [9.17, 15) is 4.21 Å². The van der Waals surface area contributed by atoms with E-state index in [-0.39, 0.29) is 6.04 Å². The molecule has 7 heteroatoms. The number of benzene rings is 2. The second-order valence-corrected chi connectivity index (χ2v) is 8.01. The maximum absolute atomic E-state index is 12.1. The minimum Gasteiger partial charge on any atom is -0.372 e. The normalized spacial score (nSPS) is 17.3. The van der Waals surface area contributed by atoms with Gasteiger partial charge in [0, 0.05) is 13.1 Å². The number of aryl methyl sites for hydroxylation is 1. The average molecular weight is 398 g/mol. The molecule has 148 valence electrons. The number of nitrogens with zero attached hydrogens (tertiary/aromatic N) is 1. The van der Waals surface area contributed by atoms with E-state index >= 15 is 0 Å². The quantitative estimate of drug-likeness (QED) is 0.515. The van der Waals surface area contributed by atoms with Crippen LogP contribution in [0.25, 0.3) is 0 Å². The van der Waals surface area contributed by atoms with Crippen LogP contribution in [0.3, 0.4) is 0 Å². The van der Waals surface area contributed by atoms with Crippen LogP contribution in [0.1, 0.15) is 29.2 Å². The lowest BCUT2D eigenvalue weighted by atomic mass is 9.97. The molecule has 5 N–H and O–H groups in total. The summed E-state index contributed by atoms with van der Waals surface area (Å²) >= 11 is 0. The largest absolute Gasteiger partial charge is 0.372 e. The maximum atomic E-state index is 12.1. The Balaban J connectivity index is 1.51. The van der Waals surface area contributed by atoms with Crippen molar-refractivity contribution in [2.24, 2.45) is 10.7 Å². The zero-order valence-corrected chi connectivity index (χ0v) is 17.1. The molecular formula is C21H27N5OS. The third-order valence-electron chi connectivity index (χ3n) is 4.69. The molecule has 2 aromatic rings. The van der Waals surface area contributed by atoms with Gasteiger partial charge in [-0.15, -0.1) is 0 Å². The highest BCUT2D eigenvalue weighted by molar-refractivity contribution is 7.83. The Labute approximate surface area is 168 Å². The predicted molar refractivity (Wildman–Crippen MR) is 115 cm³/mol. The first-order valence-corrected chi connectivity index (χ1v) is 10.5. The molecule has 0 aromatic heterocycles. The van der Waals surface area contributed by atoms with E-state index in [1.807, 2.05) is 42.5 Å². The lowest BCUT2D eigenvalue weighted by Crippen LogP contribution is -2.40. The smallest absolute Gasteiger partial charge is 0.195 e. The van der Waals surface area contributed by atoms with Crippen molar-refractivity contribution >= 4 is 16.9 Å². The van der Waals surface area contributed by atoms with Gasteiger partial charge < -0.3 is 16.4 Å². The summed E-state index contributed by atoms with van der Waals surface area (Å²) in [4.78, 5) is 5.30. The number of hydrogen-bond acceptors (Lipinski definition) is 5. The molecule has 1 aliphatic heterocycles. The second kappa shape index (κ2) is 9.52. The molecule has 0 aliphatic carbocycles. The number of rotatable bonds is 8. The molecule has 0 bridgehead atoms. The van der Waals surface area contributed by atoms with E-state index in [0.29, 0.717) is 12.5 Å². The molecule has 0 fully saturated rings. The lowest BCUT2D eigenvalue weighted by Gasteiger charge is -2.23. The average Bonchev–Trinajstić information content (AvgIpc) is 2.70. The zero-order chi connectivity index (χ0) is 19.9. The first-order valence-electron chi connectivity index (χ1n) is 9.37. The Morgan fingerprint density at radius 1 is 1.11 bits per heavy atom. The molecular weight excluding hydrogens is 370 g/mol. The molecule has 6 nitrogen and oxygen atoms in total. The van der Waals surface area contributed by atoms with Gasteiger partial charge >= 0.3 is 0 Å². The summed E-state index contributed by atoms with van der Waals surface area (Å²) in [5.74, 6) is 1.25. The highest BCUT2D eigenvalue weighted by Gasteiger charge is 2.17. The standard InChI is InChI=1S/C21H27N5OS/c1-15-8-6-11-18(16(15)2)19-14-20(26-21(22)25-19)23-12-7-13-24-28(27)17-9-4-3-5-10-17/h3-6,8-11,14,19,23-24H,7,12-13H2,1-2H3,(H3,22,25,26). The highest BCUT2D eigenvalue weighted by Crippen LogP contribution is 2.26. The van der Waals surface area contributed by atoms with Gasteiger partial charge in [-0.25, -0.2) is 13.9 Å². The fourth-order valence-electron chi connectivity index (χ4n) is 3.02. The molecule has 2 aromatic carbocycles. The van der Waals surface area contributed by atoms with E-state index in [4.69, 9.17) is 5.73 Å². The zero-order valence-electron chi connectivity index (χ0n) is 16.2. The molecule has 0 amide bonds. The van der Waals surface area contributed by atoms with Crippen LogP contribution >= 0.6 is 0 Å². The monoisotopic (exact) mass is 397 g/mol. The maximum Gasteiger partial charge on any atom is 0.195 e. The summed E-state index contributed by atoms with van der Waals surface area (Å²) in [6.07, 6.45) is 2.87. The van der Waals surface area contributed by atoms with Gasteiger partial charge in [0.25, 0.3) is 0 Å². The van der Waals surface area contributed by atoms with Gasteiger partial charge in [-0.2, -0.15) is 0 Å². The third kappa shape index (κ3) is 5.21. The van der Waals surface area contributed by atoms with Crippen molar-refractivity contribution in [2.45, 2.75) is 31.2 Å². The molecule has 0 saturated carbocycles. The highest BCUT2D eigenvalue weighted by atomic mass is 32.2. The van der Waals surface area contributed by atoms with Crippen LogP contribution in [0, 0.1) is 13.8 Å². The van der Waals surface area contributed by atoms with Crippen LogP contribution in [-0.4, -0.2) is 23.3 Å². The summed E-state index contributed by atoms with van der Waals surface area (Å²) < 4.78 is 15.2. The first kappa shape index (κ1) is 20.1. The predicted octanol–water partition coefficient (Wildman–Crippen LogP) is 2.40. The fourth-order valence-corrected chi connectivity index (χ4v) is 3.92. The van der Waals surface area contributed by atoms with Crippen molar-refractivity contribution in [3.8, 4) is 0 Å².